The average Bonchev–Trinajstić information content (AvgIpc) is 2.42. The molecular weight excluding hydrogens is 268 g/mol. The highest BCUT2D eigenvalue weighted by atomic mass is 35.5. The molecule has 0 amide bonds. The predicted octanol–water partition coefficient (Wildman–Crippen LogP) is 2.84. The monoisotopic (exact) mass is 282 g/mol. The summed E-state index contributed by atoms with van der Waals surface area (Å²) in [4.78, 5) is 14.4. The number of benzene rings is 1. The number of halogens is 1. The molecule has 0 bridgehead atoms. The van der Waals surface area contributed by atoms with Gasteiger partial charge in [0, 0.05) is 16.5 Å². The molecule has 1 rings (SSSR count). The Morgan fingerprint density at radius 1 is 1.63 bits per heavy atom. The highest BCUT2D eigenvalue weighted by molar-refractivity contribution is 6.30. The van der Waals surface area contributed by atoms with Crippen molar-refractivity contribution in [2.45, 2.75) is 12.5 Å². The van der Waals surface area contributed by atoms with E-state index in [9.17, 15) is 4.79 Å². The topological polar surface area (TPSA) is 87.1 Å². The molecule has 1 aromatic rings. The molecule has 0 saturated heterocycles. The van der Waals surface area contributed by atoms with Crippen LogP contribution in [0.3, 0.4) is 0 Å². The van der Waals surface area contributed by atoms with Crippen LogP contribution in [0.1, 0.15) is 18.0 Å². The summed E-state index contributed by atoms with van der Waals surface area (Å²) in [6.45, 7) is 0.915. The Balaban J connectivity index is 2.67. The van der Waals surface area contributed by atoms with Gasteiger partial charge in [0.25, 0.3) is 0 Å². The van der Waals surface area contributed by atoms with Gasteiger partial charge >= 0.3 is 5.97 Å². The number of carbonyl (C=O) groups excluding carboxylic acids is 1. The summed E-state index contributed by atoms with van der Waals surface area (Å²) in [6, 6.07) is 6.45. The zero-order valence-electron chi connectivity index (χ0n) is 10.5. The molecular formula is C12H15ClN4O2. The number of esters is 1. The normalized spacial score (nSPS) is 11.5. The lowest BCUT2D eigenvalue weighted by atomic mass is 10.1. The van der Waals surface area contributed by atoms with Crippen LogP contribution in [0.15, 0.2) is 29.4 Å². The number of methoxy groups -OCH3 is 1. The van der Waals surface area contributed by atoms with Crippen LogP contribution in [0.2, 0.25) is 5.02 Å². The van der Waals surface area contributed by atoms with Gasteiger partial charge < -0.3 is 10.1 Å². The van der Waals surface area contributed by atoms with Gasteiger partial charge in [-0.25, -0.2) is 4.79 Å². The second kappa shape index (κ2) is 8.37. The molecule has 1 aromatic carbocycles. The first kappa shape index (κ1) is 15.3. The van der Waals surface area contributed by atoms with Gasteiger partial charge in [0.1, 0.15) is 6.04 Å². The molecule has 0 aliphatic rings. The maximum atomic E-state index is 11.7. The minimum Gasteiger partial charge on any atom is -0.468 e. The number of hydrogen-bond acceptors (Lipinski definition) is 4. The third-order valence-corrected chi connectivity index (χ3v) is 2.70. The first-order chi connectivity index (χ1) is 9.19. The van der Waals surface area contributed by atoms with Crippen molar-refractivity contribution in [3.8, 4) is 0 Å². The Kier molecular flexibility index (Phi) is 6.74. The summed E-state index contributed by atoms with van der Waals surface area (Å²) in [6.07, 6.45) is 0.637. The second-order valence-corrected chi connectivity index (χ2v) is 4.21. The fourth-order valence-electron chi connectivity index (χ4n) is 1.58. The minimum atomic E-state index is -0.574. The molecule has 0 aromatic heterocycles. The molecule has 102 valence electrons. The summed E-state index contributed by atoms with van der Waals surface area (Å²) in [7, 11) is 1.33. The summed E-state index contributed by atoms with van der Waals surface area (Å²) >= 11 is 5.90. The van der Waals surface area contributed by atoms with E-state index in [-0.39, 0.29) is 5.97 Å². The zero-order valence-corrected chi connectivity index (χ0v) is 11.3. The van der Waals surface area contributed by atoms with E-state index < -0.39 is 6.04 Å². The van der Waals surface area contributed by atoms with Gasteiger partial charge in [-0.1, -0.05) is 28.8 Å². The Hall–Kier alpha value is -1.75. The average molecular weight is 283 g/mol. The van der Waals surface area contributed by atoms with Crippen molar-refractivity contribution in [2.75, 3.05) is 20.2 Å². The number of ether oxygens (including phenoxy) is 1. The molecule has 19 heavy (non-hydrogen) atoms. The number of nitrogens with zero attached hydrogens (tertiary/aromatic N) is 3. The van der Waals surface area contributed by atoms with Crippen LogP contribution in [-0.2, 0) is 9.53 Å². The van der Waals surface area contributed by atoms with E-state index in [0.717, 1.165) is 5.56 Å². The number of nitrogens with one attached hydrogen (secondary N) is 1. The molecule has 0 aliphatic carbocycles. The van der Waals surface area contributed by atoms with E-state index in [4.69, 9.17) is 21.9 Å². The summed E-state index contributed by atoms with van der Waals surface area (Å²) in [5, 5.41) is 7.04. The van der Waals surface area contributed by atoms with Crippen molar-refractivity contribution in [3.63, 3.8) is 0 Å². The predicted molar refractivity (Wildman–Crippen MR) is 72.8 cm³/mol. The molecule has 0 saturated carbocycles. The van der Waals surface area contributed by atoms with Crippen molar-refractivity contribution < 1.29 is 9.53 Å². The molecule has 1 unspecified atom stereocenters. The third kappa shape index (κ3) is 5.18. The number of rotatable bonds is 7. The van der Waals surface area contributed by atoms with Crippen LogP contribution in [0.5, 0.6) is 0 Å². The van der Waals surface area contributed by atoms with E-state index in [2.05, 4.69) is 15.3 Å². The van der Waals surface area contributed by atoms with Crippen molar-refractivity contribution in [2.24, 2.45) is 5.11 Å². The fourth-order valence-corrected chi connectivity index (χ4v) is 1.78. The first-order valence-corrected chi connectivity index (χ1v) is 6.14. The maximum absolute atomic E-state index is 11.7. The number of hydrogen-bond donors (Lipinski definition) is 1. The Morgan fingerprint density at radius 2 is 2.42 bits per heavy atom. The van der Waals surface area contributed by atoms with E-state index in [1.165, 1.54) is 7.11 Å². The quantitative estimate of drug-likeness (QED) is 0.274. The van der Waals surface area contributed by atoms with Crippen LogP contribution in [0.4, 0.5) is 0 Å². The molecule has 6 nitrogen and oxygen atoms in total. The fraction of sp³-hybridized carbons (Fsp3) is 0.417. The lowest BCUT2D eigenvalue weighted by Crippen LogP contribution is -2.30. The van der Waals surface area contributed by atoms with Gasteiger partial charge in [-0.2, -0.15) is 0 Å². The SMILES string of the molecule is COC(=O)C(NCCCN=[N+]=[N-])c1cccc(Cl)c1. The van der Waals surface area contributed by atoms with Crippen LogP contribution >= 0.6 is 11.6 Å². The van der Waals surface area contributed by atoms with Crippen molar-refractivity contribution in [1.29, 1.82) is 0 Å². The summed E-state index contributed by atoms with van der Waals surface area (Å²) in [5.74, 6) is -0.383. The van der Waals surface area contributed by atoms with Gasteiger partial charge in [-0.05, 0) is 36.2 Å². The van der Waals surface area contributed by atoms with Gasteiger partial charge in [0.15, 0.2) is 0 Å². The Bertz CT molecular complexity index is 475. The molecule has 1 atom stereocenters. The Labute approximate surface area is 116 Å². The van der Waals surface area contributed by atoms with E-state index in [0.29, 0.717) is 24.5 Å². The molecule has 0 spiro atoms. The molecule has 0 radical (unpaired) electrons. The van der Waals surface area contributed by atoms with E-state index in [1.54, 1.807) is 24.3 Å². The van der Waals surface area contributed by atoms with Gasteiger partial charge in [0.2, 0.25) is 0 Å². The largest absolute Gasteiger partial charge is 0.468 e. The maximum Gasteiger partial charge on any atom is 0.327 e. The standard InChI is InChI=1S/C12H15ClN4O2/c1-19-12(18)11(15-6-3-7-16-17-14)9-4-2-5-10(13)8-9/h2,4-5,8,11,15H,3,6-7H2,1H3. The van der Waals surface area contributed by atoms with Gasteiger partial charge in [-0.3, -0.25) is 0 Å². The smallest absolute Gasteiger partial charge is 0.327 e. The van der Waals surface area contributed by atoms with Crippen LogP contribution < -0.4 is 5.32 Å². The third-order valence-electron chi connectivity index (χ3n) is 2.47. The zero-order chi connectivity index (χ0) is 14.1. The lowest BCUT2D eigenvalue weighted by molar-refractivity contribution is -0.143. The molecule has 0 fully saturated rings. The van der Waals surface area contributed by atoms with E-state index in [1.807, 2.05) is 0 Å². The van der Waals surface area contributed by atoms with Crippen LogP contribution in [0.25, 0.3) is 10.4 Å². The second-order valence-electron chi connectivity index (χ2n) is 3.77. The summed E-state index contributed by atoms with van der Waals surface area (Å²) < 4.78 is 4.76. The van der Waals surface area contributed by atoms with Crippen molar-refractivity contribution in [3.05, 3.63) is 45.3 Å². The highest BCUT2D eigenvalue weighted by Crippen LogP contribution is 2.18. The van der Waals surface area contributed by atoms with Crippen LogP contribution in [0, 0.1) is 0 Å². The summed E-state index contributed by atoms with van der Waals surface area (Å²) in [5.41, 5.74) is 8.90. The van der Waals surface area contributed by atoms with Crippen molar-refractivity contribution >= 4 is 17.6 Å². The molecule has 1 N–H and O–H groups in total. The van der Waals surface area contributed by atoms with Crippen LogP contribution in [-0.4, -0.2) is 26.2 Å². The molecule has 7 heteroatoms. The Morgan fingerprint density at radius 3 is 3.05 bits per heavy atom. The first-order valence-electron chi connectivity index (χ1n) is 5.76. The highest BCUT2D eigenvalue weighted by Gasteiger charge is 2.20. The molecule has 0 heterocycles. The lowest BCUT2D eigenvalue weighted by Gasteiger charge is -2.16. The van der Waals surface area contributed by atoms with Gasteiger partial charge in [0.05, 0.1) is 7.11 Å². The molecule has 0 aliphatic heterocycles. The number of azide groups is 1. The van der Waals surface area contributed by atoms with Crippen molar-refractivity contribution in [1.82, 2.24) is 5.32 Å². The van der Waals surface area contributed by atoms with E-state index >= 15 is 0 Å². The minimum absolute atomic E-state index is 0.382. The van der Waals surface area contributed by atoms with Gasteiger partial charge in [-0.15, -0.1) is 0 Å². The number of carbonyl (C=O) groups is 1.